The van der Waals surface area contributed by atoms with Gasteiger partial charge in [0.15, 0.2) is 0 Å². The van der Waals surface area contributed by atoms with Gasteiger partial charge in [-0.05, 0) is 48.9 Å². The van der Waals surface area contributed by atoms with Crippen molar-refractivity contribution in [1.82, 2.24) is 14.2 Å². The normalized spacial score (nSPS) is 15.6. The fourth-order valence-corrected chi connectivity index (χ4v) is 5.08. The summed E-state index contributed by atoms with van der Waals surface area (Å²) in [5, 5.41) is 0.774. The van der Waals surface area contributed by atoms with Gasteiger partial charge in [0.05, 0.1) is 5.52 Å². The molecule has 0 radical (unpaired) electrons. The van der Waals surface area contributed by atoms with Crippen molar-refractivity contribution in [2.75, 3.05) is 26.2 Å². The SMILES string of the molecule is Cc1cnc2c(S(=O)(=O)N3CCN(C(=O)c4ccc(F)cc4)CC3)cccc2c1. The Hall–Kier alpha value is -2.84. The van der Waals surface area contributed by atoms with E-state index >= 15 is 0 Å². The highest BCUT2D eigenvalue weighted by molar-refractivity contribution is 7.89. The number of aromatic nitrogens is 1. The topological polar surface area (TPSA) is 70.6 Å². The largest absolute Gasteiger partial charge is 0.336 e. The summed E-state index contributed by atoms with van der Waals surface area (Å²) in [4.78, 5) is 18.7. The fourth-order valence-electron chi connectivity index (χ4n) is 3.50. The van der Waals surface area contributed by atoms with E-state index in [4.69, 9.17) is 0 Å². The summed E-state index contributed by atoms with van der Waals surface area (Å²) in [5.74, 6) is -0.638. The first-order chi connectivity index (χ1) is 13.9. The number of rotatable bonds is 3. The van der Waals surface area contributed by atoms with Gasteiger partial charge in [0, 0.05) is 43.3 Å². The van der Waals surface area contributed by atoms with Crippen LogP contribution in [0.15, 0.2) is 59.6 Å². The molecule has 2 heterocycles. The maximum absolute atomic E-state index is 13.2. The molecule has 1 aromatic heterocycles. The van der Waals surface area contributed by atoms with Crippen LogP contribution in [0.25, 0.3) is 10.9 Å². The number of pyridine rings is 1. The molecule has 0 N–H and O–H groups in total. The minimum absolute atomic E-state index is 0.174. The quantitative estimate of drug-likeness (QED) is 0.662. The van der Waals surface area contributed by atoms with E-state index in [2.05, 4.69) is 4.98 Å². The summed E-state index contributed by atoms with van der Waals surface area (Å²) in [5.41, 5.74) is 1.79. The molecule has 2 aromatic carbocycles. The number of aryl methyl sites for hydroxylation is 1. The number of hydrogen-bond acceptors (Lipinski definition) is 4. The Kier molecular flexibility index (Phi) is 5.06. The number of piperazine rings is 1. The highest BCUT2D eigenvalue weighted by Crippen LogP contribution is 2.25. The Balaban J connectivity index is 1.54. The molecule has 8 heteroatoms. The van der Waals surface area contributed by atoms with Gasteiger partial charge in [0.2, 0.25) is 10.0 Å². The zero-order valence-electron chi connectivity index (χ0n) is 15.9. The molecule has 4 rings (SSSR count). The van der Waals surface area contributed by atoms with E-state index in [1.165, 1.54) is 28.6 Å². The number of carbonyl (C=O) groups excluding carboxylic acids is 1. The second kappa shape index (κ2) is 7.53. The van der Waals surface area contributed by atoms with Gasteiger partial charge in [0.25, 0.3) is 5.91 Å². The van der Waals surface area contributed by atoms with E-state index in [9.17, 15) is 17.6 Å². The van der Waals surface area contributed by atoms with Crippen molar-refractivity contribution < 1.29 is 17.6 Å². The molecule has 0 bridgehead atoms. The number of para-hydroxylation sites is 1. The van der Waals surface area contributed by atoms with Crippen molar-refractivity contribution in [3.8, 4) is 0 Å². The second-order valence-electron chi connectivity index (χ2n) is 7.04. The smallest absolute Gasteiger partial charge is 0.253 e. The van der Waals surface area contributed by atoms with Crippen LogP contribution in [0.5, 0.6) is 0 Å². The molecule has 150 valence electrons. The third-order valence-electron chi connectivity index (χ3n) is 5.05. The molecule has 1 amide bonds. The van der Waals surface area contributed by atoms with Gasteiger partial charge in [-0.2, -0.15) is 4.31 Å². The number of amides is 1. The maximum Gasteiger partial charge on any atom is 0.253 e. The van der Waals surface area contributed by atoms with Gasteiger partial charge in [-0.3, -0.25) is 9.78 Å². The minimum Gasteiger partial charge on any atom is -0.336 e. The molecule has 6 nitrogen and oxygen atoms in total. The van der Waals surface area contributed by atoms with E-state index in [1.54, 1.807) is 23.2 Å². The molecule has 0 saturated carbocycles. The third-order valence-corrected chi connectivity index (χ3v) is 6.98. The number of sulfonamides is 1. The maximum atomic E-state index is 13.2. The highest BCUT2D eigenvalue weighted by atomic mass is 32.2. The van der Waals surface area contributed by atoms with Gasteiger partial charge in [-0.15, -0.1) is 0 Å². The van der Waals surface area contributed by atoms with Gasteiger partial charge in [-0.25, -0.2) is 12.8 Å². The number of fused-ring (bicyclic) bond motifs is 1. The Morgan fingerprint density at radius 1 is 1.03 bits per heavy atom. The van der Waals surface area contributed by atoms with Crippen molar-refractivity contribution in [2.45, 2.75) is 11.8 Å². The summed E-state index contributed by atoms with van der Waals surface area (Å²) < 4.78 is 40.9. The van der Waals surface area contributed by atoms with Gasteiger partial charge in [-0.1, -0.05) is 12.1 Å². The minimum atomic E-state index is -3.74. The van der Waals surface area contributed by atoms with Crippen LogP contribution in [0.3, 0.4) is 0 Å². The predicted molar refractivity (Wildman–Crippen MR) is 108 cm³/mol. The molecule has 0 unspecified atom stereocenters. The zero-order chi connectivity index (χ0) is 20.6. The first-order valence-corrected chi connectivity index (χ1v) is 10.7. The monoisotopic (exact) mass is 413 g/mol. The van der Waals surface area contributed by atoms with Crippen LogP contribution in [0, 0.1) is 12.7 Å². The molecular weight excluding hydrogens is 393 g/mol. The van der Waals surface area contributed by atoms with Crippen LogP contribution in [-0.2, 0) is 10.0 Å². The van der Waals surface area contributed by atoms with Crippen LogP contribution >= 0.6 is 0 Å². The van der Waals surface area contributed by atoms with Crippen LogP contribution in [-0.4, -0.2) is 54.7 Å². The Labute approximate surface area is 168 Å². The lowest BCUT2D eigenvalue weighted by Crippen LogP contribution is -2.50. The van der Waals surface area contributed by atoms with E-state index in [-0.39, 0.29) is 37.0 Å². The van der Waals surface area contributed by atoms with E-state index < -0.39 is 15.8 Å². The van der Waals surface area contributed by atoms with Crippen molar-refractivity contribution in [2.24, 2.45) is 0 Å². The summed E-state index contributed by atoms with van der Waals surface area (Å²) in [6.45, 7) is 2.83. The van der Waals surface area contributed by atoms with Crippen LogP contribution in [0.2, 0.25) is 0 Å². The Morgan fingerprint density at radius 2 is 1.72 bits per heavy atom. The Bertz CT molecular complexity index is 1170. The highest BCUT2D eigenvalue weighted by Gasteiger charge is 2.31. The summed E-state index contributed by atoms with van der Waals surface area (Å²) in [7, 11) is -3.74. The van der Waals surface area contributed by atoms with Gasteiger partial charge >= 0.3 is 0 Å². The van der Waals surface area contributed by atoms with Gasteiger partial charge in [0.1, 0.15) is 10.7 Å². The number of nitrogens with zero attached hydrogens (tertiary/aromatic N) is 3. The van der Waals surface area contributed by atoms with Crippen molar-refractivity contribution in [3.05, 3.63) is 71.7 Å². The van der Waals surface area contributed by atoms with Gasteiger partial charge < -0.3 is 4.90 Å². The van der Waals surface area contributed by atoms with Crippen molar-refractivity contribution >= 4 is 26.8 Å². The summed E-state index contributed by atoms with van der Waals surface area (Å²) in [6, 6.07) is 12.4. The molecule has 1 aliphatic heterocycles. The Morgan fingerprint density at radius 3 is 2.41 bits per heavy atom. The van der Waals surface area contributed by atoms with E-state index in [1.807, 2.05) is 19.1 Å². The first-order valence-electron chi connectivity index (χ1n) is 9.26. The fraction of sp³-hybridized carbons (Fsp3) is 0.238. The summed E-state index contributed by atoms with van der Waals surface area (Å²) >= 11 is 0. The number of carbonyl (C=O) groups is 1. The molecule has 1 aliphatic rings. The summed E-state index contributed by atoms with van der Waals surface area (Å²) in [6.07, 6.45) is 1.65. The molecule has 1 fully saturated rings. The lowest BCUT2D eigenvalue weighted by atomic mass is 10.2. The van der Waals surface area contributed by atoms with Crippen LogP contribution < -0.4 is 0 Å². The molecular formula is C21H20FN3O3S. The third kappa shape index (κ3) is 3.73. The number of benzene rings is 2. The first kappa shape index (κ1) is 19.5. The number of hydrogen-bond donors (Lipinski definition) is 0. The molecule has 29 heavy (non-hydrogen) atoms. The molecule has 0 spiro atoms. The molecule has 0 atom stereocenters. The predicted octanol–water partition coefficient (Wildman–Crippen LogP) is 2.83. The van der Waals surface area contributed by atoms with Crippen LogP contribution in [0.4, 0.5) is 4.39 Å². The molecule has 1 saturated heterocycles. The lowest BCUT2D eigenvalue weighted by Gasteiger charge is -2.34. The lowest BCUT2D eigenvalue weighted by molar-refractivity contribution is 0.0698. The van der Waals surface area contributed by atoms with Crippen molar-refractivity contribution in [3.63, 3.8) is 0 Å². The standard InChI is InChI=1S/C21H20FN3O3S/c1-15-13-17-3-2-4-19(20(17)23-14-15)29(27,28)25-11-9-24(10-12-25)21(26)16-5-7-18(22)8-6-16/h2-8,13-14H,9-12H2,1H3. The average molecular weight is 413 g/mol. The average Bonchev–Trinajstić information content (AvgIpc) is 2.73. The number of halogens is 1. The van der Waals surface area contributed by atoms with E-state index in [0.29, 0.717) is 11.1 Å². The van der Waals surface area contributed by atoms with E-state index in [0.717, 1.165) is 10.9 Å². The van der Waals surface area contributed by atoms with Crippen LogP contribution in [0.1, 0.15) is 15.9 Å². The zero-order valence-corrected chi connectivity index (χ0v) is 16.7. The molecule has 0 aliphatic carbocycles. The van der Waals surface area contributed by atoms with Crippen molar-refractivity contribution in [1.29, 1.82) is 0 Å². The molecule has 3 aromatic rings. The second-order valence-corrected chi connectivity index (χ2v) is 8.95.